The number of nitrogens with one attached hydrogen (secondary N) is 2. The fourth-order valence-electron chi connectivity index (χ4n) is 3.34. The molecule has 0 bridgehead atoms. The van der Waals surface area contributed by atoms with E-state index in [1.54, 1.807) is 0 Å². The van der Waals surface area contributed by atoms with Crippen LogP contribution in [0, 0.1) is 6.92 Å². The summed E-state index contributed by atoms with van der Waals surface area (Å²) in [4.78, 5) is 6.10. The molecule has 0 spiro atoms. The summed E-state index contributed by atoms with van der Waals surface area (Å²) in [6.07, 6.45) is 6.39. The molecule has 29 heavy (non-hydrogen) atoms. The van der Waals surface area contributed by atoms with Crippen molar-refractivity contribution in [1.82, 2.24) is 25.4 Å². The third-order valence-electron chi connectivity index (χ3n) is 5.14. The fraction of sp³-hybridized carbons (Fsp3) is 0.571. The molecule has 160 valence electrons. The number of aryl methyl sites for hydroxylation is 1. The van der Waals surface area contributed by atoms with Gasteiger partial charge < -0.3 is 15.2 Å². The minimum atomic E-state index is 0. The number of hydrogen-bond acceptors (Lipinski definition) is 4. The second-order valence-electron chi connectivity index (χ2n) is 7.49. The van der Waals surface area contributed by atoms with Crippen molar-refractivity contribution in [3.63, 3.8) is 0 Å². The van der Waals surface area contributed by atoms with Gasteiger partial charge in [0.2, 0.25) is 0 Å². The Bertz CT molecular complexity index is 758. The maximum Gasteiger partial charge on any atom is 0.191 e. The second kappa shape index (κ2) is 12.4. The van der Waals surface area contributed by atoms with Crippen molar-refractivity contribution in [2.75, 3.05) is 6.54 Å². The first-order valence-corrected chi connectivity index (χ1v) is 11.1. The van der Waals surface area contributed by atoms with Crippen LogP contribution < -0.4 is 10.6 Å². The molecule has 1 aromatic carbocycles. The van der Waals surface area contributed by atoms with Crippen LogP contribution in [0.3, 0.4) is 0 Å². The van der Waals surface area contributed by atoms with Crippen LogP contribution in [0.25, 0.3) is 0 Å². The average Bonchev–Trinajstić information content (AvgIpc) is 3.03. The number of nitrogens with zero attached hydrogens (tertiary/aromatic N) is 4. The molecule has 1 unspecified atom stereocenters. The topological polar surface area (TPSA) is 67.1 Å². The van der Waals surface area contributed by atoms with E-state index >= 15 is 0 Å². The zero-order valence-corrected chi connectivity index (χ0v) is 20.7. The van der Waals surface area contributed by atoms with E-state index in [0.29, 0.717) is 17.8 Å². The number of rotatable bonds is 7. The van der Waals surface area contributed by atoms with E-state index in [0.717, 1.165) is 24.2 Å². The number of aliphatic imine (C=N–C) groups is 1. The first-order chi connectivity index (χ1) is 13.6. The third kappa shape index (κ3) is 7.81. The van der Waals surface area contributed by atoms with Crippen LogP contribution >= 0.6 is 35.7 Å². The van der Waals surface area contributed by atoms with E-state index < -0.39 is 0 Å². The largest absolute Gasteiger partial charge is 0.355 e. The molecule has 0 amide bonds. The van der Waals surface area contributed by atoms with Gasteiger partial charge in [0.05, 0.1) is 0 Å². The van der Waals surface area contributed by atoms with Crippen molar-refractivity contribution in [2.45, 2.75) is 68.7 Å². The summed E-state index contributed by atoms with van der Waals surface area (Å²) >= 11 is 1.88. The predicted octanol–water partition coefficient (Wildman–Crippen LogP) is 4.29. The van der Waals surface area contributed by atoms with Crippen molar-refractivity contribution in [1.29, 1.82) is 0 Å². The molecule has 3 rings (SSSR count). The van der Waals surface area contributed by atoms with Crippen LogP contribution in [0.4, 0.5) is 0 Å². The van der Waals surface area contributed by atoms with Gasteiger partial charge in [-0.2, -0.15) is 0 Å². The minimum absolute atomic E-state index is 0. The number of hydrogen-bond donors (Lipinski definition) is 2. The molecule has 0 saturated heterocycles. The number of aromatic nitrogens is 3. The number of thioether (sulfide) groups is 1. The van der Waals surface area contributed by atoms with E-state index in [9.17, 15) is 0 Å². The summed E-state index contributed by atoms with van der Waals surface area (Å²) in [6.45, 7) is 5.59. The highest BCUT2D eigenvalue weighted by atomic mass is 127. The summed E-state index contributed by atoms with van der Waals surface area (Å²) in [5.74, 6) is 2.68. The second-order valence-corrected chi connectivity index (χ2v) is 9.00. The molecule has 1 aliphatic rings. The summed E-state index contributed by atoms with van der Waals surface area (Å²) < 4.78 is 2.00. The molecule has 1 fully saturated rings. The minimum Gasteiger partial charge on any atom is -0.355 e. The molecule has 0 aliphatic heterocycles. The van der Waals surface area contributed by atoms with Gasteiger partial charge in [0.1, 0.15) is 12.4 Å². The van der Waals surface area contributed by atoms with Crippen molar-refractivity contribution >= 4 is 41.7 Å². The van der Waals surface area contributed by atoms with Gasteiger partial charge >= 0.3 is 0 Å². The Labute approximate surface area is 195 Å². The van der Waals surface area contributed by atoms with Gasteiger partial charge in [0.15, 0.2) is 11.8 Å². The van der Waals surface area contributed by atoms with Gasteiger partial charge in [-0.3, -0.25) is 0 Å². The van der Waals surface area contributed by atoms with Crippen LogP contribution in [0.15, 0.2) is 40.2 Å². The zero-order chi connectivity index (χ0) is 19.8. The smallest absolute Gasteiger partial charge is 0.191 e. The average molecular weight is 529 g/mol. The van der Waals surface area contributed by atoms with Crippen molar-refractivity contribution in [3.8, 4) is 0 Å². The summed E-state index contributed by atoms with van der Waals surface area (Å²) in [5, 5.41) is 16.0. The summed E-state index contributed by atoms with van der Waals surface area (Å²) in [5.41, 5.74) is 0. The Morgan fingerprint density at radius 2 is 1.93 bits per heavy atom. The number of halogens is 1. The highest BCUT2D eigenvalue weighted by Gasteiger charge is 2.16. The Hall–Kier alpha value is -1.29. The zero-order valence-electron chi connectivity index (χ0n) is 17.6. The number of guanidine groups is 1. The molecule has 0 radical (unpaired) electrons. The molecule has 1 heterocycles. The van der Waals surface area contributed by atoms with E-state index in [-0.39, 0.29) is 24.0 Å². The van der Waals surface area contributed by atoms with Crippen LogP contribution in [-0.2, 0) is 13.6 Å². The van der Waals surface area contributed by atoms with Crippen molar-refractivity contribution < 1.29 is 0 Å². The van der Waals surface area contributed by atoms with E-state index in [1.165, 1.54) is 37.0 Å². The normalized spacial score (nSPS) is 16.2. The summed E-state index contributed by atoms with van der Waals surface area (Å²) in [6, 6.07) is 11.1. The molecular weight excluding hydrogens is 495 g/mol. The van der Waals surface area contributed by atoms with E-state index in [1.807, 2.05) is 30.3 Å². The standard InChI is InChI=1S/C21H32N6S.HI/c1-16(28-19-12-8-5-9-13-19)14-22-21(24-18-10-6-4-7-11-18)23-15-20-26-25-17(2)27(20)3;/h5,8-9,12-13,16,18H,4,6-7,10-11,14-15H2,1-3H3,(H2,22,23,24);1H. The Morgan fingerprint density at radius 3 is 2.59 bits per heavy atom. The first-order valence-electron chi connectivity index (χ1n) is 10.2. The van der Waals surface area contributed by atoms with Crippen molar-refractivity contribution in [2.24, 2.45) is 12.0 Å². The molecule has 2 aromatic rings. The molecule has 6 nitrogen and oxygen atoms in total. The van der Waals surface area contributed by atoms with Crippen molar-refractivity contribution in [3.05, 3.63) is 42.0 Å². The van der Waals surface area contributed by atoms with Gasteiger partial charge in [-0.25, -0.2) is 4.99 Å². The maximum absolute atomic E-state index is 4.80. The van der Waals surface area contributed by atoms with Gasteiger partial charge in [-0.05, 0) is 31.9 Å². The van der Waals surface area contributed by atoms with E-state index in [2.05, 4.69) is 58.1 Å². The van der Waals surface area contributed by atoms with Crippen LogP contribution in [0.2, 0.25) is 0 Å². The maximum atomic E-state index is 4.80. The van der Waals surface area contributed by atoms with Crippen LogP contribution in [-0.4, -0.2) is 38.6 Å². The van der Waals surface area contributed by atoms with Gasteiger partial charge in [-0.15, -0.1) is 45.9 Å². The molecular formula is C21H33IN6S. The van der Waals surface area contributed by atoms with E-state index in [4.69, 9.17) is 4.99 Å². The molecule has 1 saturated carbocycles. The molecule has 1 atom stereocenters. The third-order valence-corrected chi connectivity index (χ3v) is 6.26. The lowest BCUT2D eigenvalue weighted by molar-refractivity contribution is 0.409. The fourth-order valence-corrected chi connectivity index (χ4v) is 4.29. The Balaban J connectivity index is 0.00000300. The lowest BCUT2D eigenvalue weighted by Gasteiger charge is -2.25. The predicted molar refractivity (Wildman–Crippen MR) is 132 cm³/mol. The molecule has 1 aliphatic carbocycles. The van der Waals surface area contributed by atoms with Crippen LogP contribution in [0.1, 0.15) is 50.7 Å². The van der Waals surface area contributed by atoms with Gasteiger partial charge in [0, 0.05) is 29.8 Å². The molecule has 1 aromatic heterocycles. The monoisotopic (exact) mass is 528 g/mol. The van der Waals surface area contributed by atoms with Gasteiger partial charge in [0.25, 0.3) is 0 Å². The Morgan fingerprint density at radius 1 is 1.21 bits per heavy atom. The first kappa shape index (κ1) is 24.0. The van der Waals surface area contributed by atoms with Gasteiger partial charge in [-0.1, -0.05) is 44.4 Å². The highest BCUT2D eigenvalue weighted by molar-refractivity contribution is 14.0. The molecule has 2 N–H and O–H groups in total. The van der Waals surface area contributed by atoms with Crippen LogP contribution in [0.5, 0.6) is 0 Å². The highest BCUT2D eigenvalue weighted by Crippen LogP contribution is 2.22. The quantitative estimate of drug-likeness (QED) is 0.243. The number of benzene rings is 1. The summed E-state index contributed by atoms with van der Waals surface area (Å²) in [7, 11) is 1.99. The molecule has 8 heteroatoms. The SMILES string of the molecule is Cc1nnc(CN=C(NCC(C)Sc2ccccc2)NC2CCCCC2)n1C.I. The Kier molecular flexibility index (Phi) is 10.3. The lowest BCUT2D eigenvalue weighted by Crippen LogP contribution is -2.45. The lowest BCUT2D eigenvalue weighted by atomic mass is 9.96.